The number of hydrogen-bond donors (Lipinski definition) is 3. The molecule has 1 unspecified atom stereocenters. The number of nitrogens with zero attached hydrogens (tertiary/aromatic N) is 1. The van der Waals surface area contributed by atoms with E-state index in [0.717, 1.165) is 12.1 Å². The number of benzene rings is 1. The molecule has 0 aliphatic heterocycles. The Hall–Kier alpha value is -1.46. The second-order valence-corrected chi connectivity index (χ2v) is 6.26. The number of halogens is 2. The minimum atomic E-state index is -4.31. The highest BCUT2D eigenvalue weighted by Gasteiger charge is 2.28. The van der Waals surface area contributed by atoms with Crippen LogP contribution in [0, 0.1) is 10.1 Å². The van der Waals surface area contributed by atoms with E-state index in [-0.39, 0.29) is 5.02 Å². The summed E-state index contributed by atoms with van der Waals surface area (Å²) in [6, 6.07) is 1.95. The van der Waals surface area contributed by atoms with Crippen LogP contribution in [-0.4, -0.2) is 37.0 Å². The average molecular weight is 358 g/mol. The molecule has 0 aromatic heterocycles. The van der Waals surface area contributed by atoms with Crippen LogP contribution in [0.3, 0.4) is 0 Å². The Morgan fingerprint density at radius 1 is 1.48 bits per heavy atom. The smallest absolute Gasteiger partial charge is 0.307 e. The van der Waals surface area contributed by atoms with Gasteiger partial charge < -0.3 is 10.8 Å². The average Bonchev–Trinajstić information content (AvgIpc) is 2.35. The summed E-state index contributed by atoms with van der Waals surface area (Å²) in [7, 11) is -4.31. The summed E-state index contributed by atoms with van der Waals surface area (Å²) in [5, 5.41) is 18.9. The molecule has 4 N–H and O–H groups in total. The Morgan fingerprint density at radius 3 is 2.52 bits per heavy atom. The van der Waals surface area contributed by atoms with Gasteiger partial charge in [-0.1, -0.05) is 23.2 Å². The number of primary amides is 1. The minimum absolute atomic E-state index is 0.332. The number of hydrogen-bond acceptors (Lipinski definition) is 6. The van der Waals surface area contributed by atoms with Crippen molar-refractivity contribution in [3.05, 3.63) is 32.3 Å². The lowest BCUT2D eigenvalue weighted by molar-refractivity contribution is -0.384. The zero-order chi connectivity index (χ0) is 16.4. The molecule has 1 aromatic rings. The number of sulfonamides is 1. The molecule has 0 saturated carbocycles. The van der Waals surface area contributed by atoms with Crippen molar-refractivity contribution in [1.29, 1.82) is 0 Å². The minimum Gasteiger partial charge on any atom is -0.382 e. The lowest BCUT2D eigenvalue weighted by Gasteiger charge is -2.11. The van der Waals surface area contributed by atoms with Crippen molar-refractivity contribution in [2.75, 3.05) is 6.54 Å². The van der Waals surface area contributed by atoms with E-state index in [1.807, 2.05) is 4.72 Å². The first-order chi connectivity index (χ1) is 9.58. The van der Waals surface area contributed by atoms with Gasteiger partial charge in [-0.15, -0.1) is 0 Å². The third-order valence-corrected chi connectivity index (χ3v) is 4.56. The second kappa shape index (κ2) is 6.54. The molecule has 0 spiro atoms. The number of nitro groups is 1. The number of amides is 1. The van der Waals surface area contributed by atoms with Crippen LogP contribution >= 0.6 is 23.2 Å². The van der Waals surface area contributed by atoms with Crippen LogP contribution in [0.15, 0.2) is 17.0 Å². The summed E-state index contributed by atoms with van der Waals surface area (Å²) in [6.45, 7) is -0.704. The highest BCUT2D eigenvalue weighted by atomic mass is 35.5. The van der Waals surface area contributed by atoms with E-state index in [1.54, 1.807) is 0 Å². The van der Waals surface area contributed by atoms with Crippen molar-refractivity contribution in [1.82, 2.24) is 4.72 Å². The molecule has 1 atom stereocenters. The lowest BCUT2D eigenvalue weighted by atomic mass is 10.3. The van der Waals surface area contributed by atoms with Crippen LogP contribution in [0.5, 0.6) is 0 Å². The summed E-state index contributed by atoms with van der Waals surface area (Å²) in [4.78, 5) is 19.9. The van der Waals surface area contributed by atoms with Crippen LogP contribution in [0.25, 0.3) is 0 Å². The summed E-state index contributed by atoms with van der Waals surface area (Å²) >= 11 is 11.2. The molecule has 1 rings (SSSR count). The highest BCUT2D eigenvalue weighted by molar-refractivity contribution is 7.89. The van der Waals surface area contributed by atoms with Crippen molar-refractivity contribution < 1.29 is 23.2 Å². The molecule has 21 heavy (non-hydrogen) atoms. The molecule has 0 fully saturated rings. The fraction of sp³-hybridized carbons (Fsp3) is 0.222. The molecule has 1 amide bonds. The summed E-state index contributed by atoms with van der Waals surface area (Å²) < 4.78 is 25.7. The molecule has 116 valence electrons. The van der Waals surface area contributed by atoms with Gasteiger partial charge in [0, 0.05) is 6.54 Å². The van der Waals surface area contributed by atoms with Gasteiger partial charge in [0.25, 0.3) is 0 Å². The SMILES string of the molecule is NC(=O)C(O)CNS(=O)(=O)c1ccc(Cl)c([N+](=O)[O-])c1Cl. The zero-order valence-electron chi connectivity index (χ0n) is 10.1. The normalized spacial score (nSPS) is 12.9. The van der Waals surface area contributed by atoms with Gasteiger partial charge in [-0.2, -0.15) is 0 Å². The molecular weight excluding hydrogens is 349 g/mol. The largest absolute Gasteiger partial charge is 0.382 e. The van der Waals surface area contributed by atoms with E-state index in [1.165, 1.54) is 0 Å². The third kappa shape index (κ3) is 4.02. The maximum Gasteiger partial charge on any atom is 0.307 e. The molecule has 0 aliphatic carbocycles. The molecule has 0 saturated heterocycles. The van der Waals surface area contributed by atoms with Crippen LogP contribution in [0.2, 0.25) is 10.0 Å². The number of aliphatic hydroxyl groups excluding tert-OH is 1. The standard InChI is InChI=1S/C9H9Cl2N3O6S/c10-4-1-2-6(7(11)8(4)14(17)18)21(19,20)13-3-5(15)9(12)16/h1-2,5,13,15H,3H2,(H2,12,16). The third-order valence-electron chi connectivity index (χ3n) is 2.30. The first kappa shape index (κ1) is 17.6. The Balaban J connectivity index is 3.18. The highest BCUT2D eigenvalue weighted by Crippen LogP contribution is 2.36. The van der Waals surface area contributed by atoms with E-state index in [9.17, 15) is 23.3 Å². The van der Waals surface area contributed by atoms with Crippen molar-refractivity contribution in [2.24, 2.45) is 5.73 Å². The number of aliphatic hydroxyl groups is 1. The fourth-order valence-corrected chi connectivity index (χ4v) is 3.19. The van der Waals surface area contributed by atoms with Gasteiger partial charge in [-0.3, -0.25) is 14.9 Å². The van der Waals surface area contributed by atoms with E-state index < -0.39 is 49.1 Å². The Bertz CT molecular complexity index is 693. The molecule has 0 heterocycles. The van der Waals surface area contributed by atoms with Gasteiger partial charge >= 0.3 is 5.69 Å². The number of nitro benzene ring substituents is 1. The van der Waals surface area contributed by atoms with Crippen LogP contribution in [0.1, 0.15) is 0 Å². The second-order valence-electron chi connectivity index (χ2n) is 3.74. The predicted octanol–water partition coefficient (Wildman–Crippen LogP) is 0.0261. The molecule has 0 aliphatic rings. The van der Waals surface area contributed by atoms with Crippen molar-refractivity contribution in [3.63, 3.8) is 0 Å². The van der Waals surface area contributed by atoms with Crippen molar-refractivity contribution in [3.8, 4) is 0 Å². The first-order valence-electron chi connectivity index (χ1n) is 5.17. The molecule has 0 bridgehead atoms. The quantitative estimate of drug-likeness (QED) is 0.482. The maximum atomic E-state index is 11.9. The van der Waals surface area contributed by atoms with Gasteiger partial charge in [0.15, 0.2) is 0 Å². The van der Waals surface area contributed by atoms with E-state index in [2.05, 4.69) is 0 Å². The lowest BCUT2D eigenvalue weighted by Crippen LogP contribution is -2.40. The first-order valence-corrected chi connectivity index (χ1v) is 7.41. The number of nitrogens with two attached hydrogens (primary N) is 1. The van der Waals surface area contributed by atoms with E-state index in [4.69, 9.17) is 34.0 Å². The van der Waals surface area contributed by atoms with Crippen molar-refractivity contribution in [2.45, 2.75) is 11.0 Å². The zero-order valence-corrected chi connectivity index (χ0v) is 12.4. The topological polar surface area (TPSA) is 153 Å². The number of nitrogens with one attached hydrogen (secondary N) is 1. The fourth-order valence-electron chi connectivity index (χ4n) is 1.26. The van der Waals surface area contributed by atoms with Crippen LogP contribution in [0.4, 0.5) is 5.69 Å². The molecule has 9 nitrogen and oxygen atoms in total. The Kier molecular flexibility index (Phi) is 5.48. The molecule has 12 heteroatoms. The number of carbonyl (C=O) groups is 1. The molecule has 0 radical (unpaired) electrons. The van der Waals surface area contributed by atoms with Gasteiger partial charge in [-0.05, 0) is 12.1 Å². The van der Waals surface area contributed by atoms with Gasteiger partial charge in [0.2, 0.25) is 15.9 Å². The molecular formula is C9H9Cl2N3O6S. The van der Waals surface area contributed by atoms with Crippen molar-refractivity contribution >= 4 is 44.8 Å². The predicted molar refractivity (Wildman–Crippen MR) is 73.5 cm³/mol. The summed E-state index contributed by atoms with van der Waals surface area (Å²) in [5.41, 5.74) is 3.99. The summed E-state index contributed by atoms with van der Waals surface area (Å²) in [5.74, 6) is -1.13. The maximum absolute atomic E-state index is 11.9. The Morgan fingerprint density at radius 2 is 2.05 bits per heavy atom. The number of rotatable bonds is 6. The van der Waals surface area contributed by atoms with Crippen LogP contribution in [-0.2, 0) is 14.8 Å². The van der Waals surface area contributed by atoms with Gasteiger partial charge in [-0.25, -0.2) is 13.1 Å². The van der Waals surface area contributed by atoms with Crippen LogP contribution < -0.4 is 10.5 Å². The van der Waals surface area contributed by atoms with E-state index in [0.29, 0.717) is 0 Å². The Labute approximate surface area is 128 Å². The molecule has 1 aromatic carbocycles. The van der Waals surface area contributed by atoms with Gasteiger partial charge in [0.1, 0.15) is 21.0 Å². The summed E-state index contributed by atoms with van der Waals surface area (Å²) in [6.07, 6.45) is -1.75. The van der Waals surface area contributed by atoms with E-state index >= 15 is 0 Å². The monoisotopic (exact) mass is 357 g/mol. The number of carbonyl (C=O) groups excluding carboxylic acids is 1. The van der Waals surface area contributed by atoms with Gasteiger partial charge in [0.05, 0.1) is 4.92 Å².